The van der Waals surface area contributed by atoms with E-state index in [9.17, 15) is 4.79 Å². The van der Waals surface area contributed by atoms with Crippen LogP contribution in [0.25, 0.3) is 11.0 Å². The molecule has 0 bridgehead atoms. The second-order valence-electron chi connectivity index (χ2n) is 4.74. The molecule has 0 saturated heterocycles. The fourth-order valence-electron chi connectivity index (χ4n) is 2.60. The fourth-order valence-corrected chi connectivity index (χ4v) is 2.60. The van der Waals surface area contributed by atoms with Gasteiger partial charge in [-0.25, -0.2) is 4.98 Å². The minimum Gasteiger partial charge on any atom is -0.468 e. The van der Waals surface area contributed by atoms with Crippen LogP contribution in [0.4, 0.5) is 0 Å². The zero-order chi connectivity index (χ0) is 12.8. The molecule has 1 aromatic heterocycles. The van der Waals surface area contributed by atoms with Gasteiger partial charge in [0.1, 0.15) is 11.2 Å². The first kappa shape index (κ1) is 11.3. The van der Waals surface area contributed by atoms with Crippen LogP contribution in [0, 0.1) is 0 Å². The number of para-hydroxylation sites is 2. The summed E-state index contributed by atoms with van der Waals surface area (Å²) >= 11 is 0. The Morgan fingerprint density at radius 1 is 1.44 bits per heavy atom. The van der Waals surface area contributed by atoms with Gasteiger partial charge in [-0.2, -0.15) is 0 Å². The van der Waals surface area contributed by atoms with Gasteiger partial charge in [0.05, 0.1) is 18.1 Å². The number of imidazole rings is 1. The zero-order valence-electron chi connectivity index (χ0n) is 10.6. The van der Waals surface area contributed by atoms with E-state index in [2.05, 4.69) is 16.5 Å². The van der Waals surface area contributed by atoms with Crippen molar-refractivity contribution >= 4 is 17.0 Å². The second kappa shape index (κ2) is 3.83. The highest BCUT2D eigenvalue weighted by molar-refractivity contribution is 5.87. The van der Waals surface area contributed by atoms with Crippen molar-refractivity contribution in [2.24, 2.45) is 0 Å². The van der Waals surface area contributed by atoms with Gasteiger partial charge in [-0.05, 0) is 31.9 Å². The van der Waals surface area contributed by atoms with Crippen molar-refractivity contribution in [3.8, 4) is 0 Å². The fraction of sp³-hybridized carbons (Fsp3) is 0.429. The Hall–Kier alpha value is -1.84. The highest BCUT2D eigenvalue weighted by Crippen LogP contribution is 2.49. The van der Waals surface area contributed by atoms with Crippen LogP contribution in [0.15, 0.2) is 24.3 Å². The largest absolute Gasteiger partial charge is 0.468 e. The van der Waals surface area contributed by atoms with Gasteiger partial charge in [-0.1, -0.05) is 12.1 Å². The zero-order valence-corrected chi connectivity index (χ0v) is 10.6. The Kier molecular flexibility index (Phi) is 2.40. The number of rotatable bonds is 3. The molecule has 0 N–H and O–H groups in total. The van der Waals surface area contributed by atoms with Crippen LogP contribution in [-0.4, -0.2) is 22.6 Å². The van der Waals surface area contributed by atoms with E-state index in [1.165, 1.54) is 7.11 Å². The molecule has 3 rings (SSSR count). The minimum absolute atomic E-state index is 0.160. The number of nitrogens with zero attached hydrogens (tertiary/aromatic N) is 2. The van der Waals surface area contributed by atoms with Crippen molar-refractivity contribution in [3.63, 3.8) is 0 Å². The molecule has 0 amide bonds. The number of benzene rings is 1. The van der Waals surface area contributed by atoms with Crippen molar-refractivity contribution in [2.45, 2.75) is 31.7 Å². The molecular formula is C14H16N2O2. The van der Waals surface area contributed by atoms with Crippen molar-refractivity contribution in [1.29, 1.82) is 0 Å². The Morgan fingerprint density at radius 2 is 2.17 bits per heavy atom. The smallest absolute Gasteiger partial charge is 0.319 e. The Bertz CT molecular complexity index is 611. The molecule has 0 unspecified atom stereocenters. The summed E-state index contributed by atoms with van der Waals surface area (Å²) in [7, 11) is 1.45. The molecule has 0 spiro atoms. The molecule has 1 fully saturated rings. The second-order valence-corrected chi connectivity index (χ2v) is 4.74. The van der Waals surface area contributed by atoms with Gasteiger partial charge in [0.25, 0.3) is 0 Å². The maximum Gasteiger partial charge on any atom is 0.319 e. The monoisotopic (exact) mass is 244 g/mol. The van der Waals surface area contributed by atoms with Crippen molar-refractivity contribution in [2.75, 3.05) is 7.11 Å². The van der Waals surface area contributed by atoms with E-state index in [1.54, 1.807) is 0 Å². The number of aromatic nitrogens is 2. The van der Waals surface area contributed by atoms with Crippen molar-refractivity contribution < 1.29 is 9.53 Å². The molecule has 1 saturated carbocycles. The third-order valence-electron chi connectivity index (χ3n) is 3.72. The van der Waals surface area contributed by atoms with Crippen LogP contribution in [0.1, 0.15) is 25.6 Å². The molecule has 18 heavy (non-hydrogen) atoms. The molecule has 4 heteroatoms. The summed E-state index contributed by atoms with van der Waals surface area (Å²) in [6, 6.07) is 8.00. The molecule has 2 aromatic rings. The highest BCUT2D eigenvalue weighted by atomic mass is 16.5. The molecule has 0 aliphatic heterocycles. The van der Waals surface area contributed by atoms with E-state index in [-0.39, 0.29) is 5.97 Å². The number of carbonyl (C=O) groups excluding carboxylic acids is 1. The summed E-state index contributed by atoms with van der Waals surface area (Å²) in [5.74, 6) is 0.700. The van der Waals surface area contributed by atoms with Gasteiger partial charge in [0.2, 0.25) is 0 Å². The molecule has 0 atom stereocenters. The van der Waals surface area contributed by atoms with E-state index in [4.69, 9.17) is 4.74 Å². The van der Waals surface area contributed by atoms with Gasteiger partial charge >= 0.3 is 5.97 Å². The average molecular weight is 244 g/mol. The number of ether oxygens (including phenoxy) is 1. The average Bonchev–Trinajstić information content (AvgIpc) is 3.13. The van der Waals surface area contributed by atoms with Gasteiger partial charge < -0.3 is 9.30 Å². The molecule has 1 aliphatic carbocycles. The number of hydrogen-bond acceptors (Lipinski definition) is 3. The molecule has 1 aliphatic rings. The summed E-state index contributed by atoms with van der Waals surface area (Å²) in [6.45, 7) is 2.89. The number of carbonyl (C=O) groups is 1. The SMILES string of the molecule is CCn1c(C2(C(=O)OC)CC2)nc2ccccc21. The highest BCUT2D eigenvalue weighted by Gasteiger charge is 2.56. The molecule has 94 valence electrons. The number of fused-ring (bicyclic) bond motifs is 1. The Balaban J connectivity index is 2.21. The number of aryl methyl sites for hydroxylation is 1. The van der Waals surface area contributed by atoms with E-state index in [0.29, 0.717) is 0 Å². The van der Waals surface area contributed by atoms with Crippen LogP contribution < -0.4 is 0 Å². The van der Waals surface area contributed by atoms with E-state index in [1.807, 2.05) is 24.3 Å². The summed E-state index contributed by atoms with van der Waals surface area (Å²) in [5.41, 5.74) is 1.54. The third kappa shape index (κ3) is 1.38. The normalized spacial score (nSPS) is 16.8. The van der Waals surface area contributed by atoms with Crippen LogP contribution >= 0.6 is 0 Å². The third-order valence-corrected chi connectivity index (χ3v) is 3.72. The number of hydrogen-bond donors (Lipinski definition) is 0. The summed E-state index contributed by atoms with van der Waals surface area (Å²) in [4.78, 5) is 16.6. The predicted molar refractivity (Wildman–Crippen MR) is 68.3 cm³/mol. The number of esters is 1. The van der Waals surface area contributed by atoms with Crippen LogP contribution in [0.3, 0.4) is 0 Å². The molecular weight excluding hydrogens is 228 g/mol. The summed E-state index contributed by atoms with van der Waals surface area (Å²) in [6.07, 6.45) is 1.67. The molecule has 1 aromatic carbocycles. The van der Waals surface area contributed by atoms with Gasteiger partial charge in [-0.3, -0.25) is 4.79 Å². The summed E-state index contributed by atoms with van der Waals surface area (Å²) < 4.78 is 7.06. The predicted octanol–water partition coefficient (Wildman–Crippen LogP) is 2.26. The lowest BCUT2D eigenvalue weighted by atomic mass is 10.1. The first-order valence-electron chi connectivity index (χ1n) is 6.27. The lowest BCUT2D eigenvalue weighted by Crippen LogP contribution is -2.26. The Morgan fingerprint density at radius 3 is 2.78 bits per heavy atom. The first-order valence-corrected chi connectivity index (χ1v) is 6.27. The minimum atomic E-state index is -0.496. The molecule has 1 heterocycles. The summed E-state index contributed by atoms with van der Waals surface area (Å²) in [5, 5.41) is 0. The van der Waals surface area contributed by atoms with E-state index < -0.39 is 5.41 Å². The quantitative estimate of drug-likeness (QED) is 0.778. The topological polar surface area (TPSA) is 44.1 Å². The molecule has 4 nitrogen and oxygen atoms in total. The lowest BCUT2D eigenvalue weighted by Gasteiger charge is -2.14. The van der Waals surface area contributed by atoms with Gasteiger partial charge in [-0.15, -0.1) is 0 Å². The molecule has 0 radical (unpaired) electrons. The standard InChI is InChI=1S/C14H16N2O2/c1-3-16-11-7-5-4-6-10(11)15-12(16)14(8-9-14)13(17)18-2/h4-7H,3,8-9H2,1-2H3. The van der Waals surface area contributed by atoms with Crippen LogP contribution in [-0.2, 0) is 21.5 Å². The maximum absolute atomic E-state index is 12.0. The van der Waals surface area contributed by atoms with Crippen molar-refractivity contribution in [3.05, 3.63) is 30.1 Å². The first-order chi connectivity index (χ1) is 8.73. The lowest BCUT2D eigenvalue weighted by molar-refractivity contribution is -0.144. The van der Waals surface area contributed by atoms with Gasteiger partial charge in [0, 0.05) is 6.54 Å². The van der Waals surface area contributed by atoms with Crippen LogP contribution in [0.2, 0.25) is 0 Å². The van der Waals surface area contributed by atoms with Gasteiger partial charge in [0.15, 0.2) is 0 Å². The number of methoxy groups -OCH3 is 1. The van der Waals surface area contributed by atoms with E-state index in [0.717, 1.165) is 36.2 Å². The van der Waals surface area contributed by atoms with Crippen molar-refractivity contribution in [1.82, 2.24) is 9.55 Å². The van der Waals surface area contributed by atoms with E-state index >= 15 is 0 Å². The van der Waals surface area contributed by atoms with Crippen LogP contribution in [0.5, 0.6) is 0 Å². The maximum atomic E-state index is 12.0. The Labute approximate surface area is 106 Å².